The molecule has 0 radical (unpaired) electrons. The van der Waals surface area contributed by atoms with Gasteiger partial charge in [-0.15, -0.1) is 0 Å². The molecule has 5 nitrogen and oxygen atoms in total. The van der Waals surface area contributed by atoms with Crippen LogP contribution >= 0.6 is 0 Å². The predicted octanol–water partition coefficient (Wildman–Crippen LogP) is 1.50. The molecule has 0 aliphatic rings. The Morgan fingerprint density at radius 3 is 2.12 bits per heavy atom. The minimum Gasteiger partial charge on any atom is -0.326 e. The molecule has 1 rings (SSSR count). The molecule has 0 heterocycles. The van der Waals surface area contributed by atoms with Gasteiger partial charge in [-0.25, -0.2) is 0 Å². The van der Waals surface area contributed by atoms with Crippen LogP contribution in [-0.4, -0.2) is 11.8 Å². The fourth-order valence-corrected chi connectivity index (χ4v) is 1.12. The Morgan fingerprint density at radius 2 is 1.69 bits per heavy atom. The molecule has 0 aliphatic heterocycles. The lowest BCUT2D eigenvalue weighted by atomic mass is 10.2. The molecule has 2 N–H and O–H groups in total. The van der Waals surface area contributed by atoms with Gasteiger partial charge in [0.15, 0.2) is 0 Å². The molecule has 82 valence electrons. The van der Waals surface area contributed by atoms with Crippen LogP contribution in [-0.2, 0) is 9.59 Å². The van der Waals surface area contributed by atoms with Crippen LogP contribution in [0, 0.1) is 11.3 Å². The third-order valence-electron chi connectivity index (χ3n) is 1.73. The van der Waals surface area contributed by atoms with Crippen molar-refractivity contribution < 1.29 is 9.59 Å². The van der Waals surface area contributed by atoms with Crippen LogP contribution in [0.5, 0.6) is 0 Å². The topological polar surface area (TPSA) is 82.0 Å². The maximum atomic E-state index is 11.1. The molecule has 0 bridgehead atoms. The van der Waals surface area contributed by atoms with E-state index in [2.05, 4.69) is 10.6 Å². The maximum absolute atomic E-state index is 11.1. The van der Waals surface area contributed by atoms with Crippen LogP contribution in [0.25, 0.3) is 0 Å². The first-order chi connectivity index (χ1) is 7.61. The second kappa shape index (κ2) is 5.51. The van der Waals surface area contributed by atoms with E-state index in [4.69, 9.17) is 5.26 Å². The Hall–Kier alpha value is -2.35. The highest BCUT2D eigenvalue weighted by molar-refractivity contribution is 5.93. The van der Waals surface area contributed by atoms with E-state index in [1.165, 1.54) is 6.92 Å². The number of benzene rings is 1. The van der Waals surface area contributed by atoms with Crippen LogP contribution in [0.4, 0.5) is 11.4 Å². The third kappa shape index (κ3) is 3.80. The van der Waals surface area contributed by atoms with Crippen LogP contribution in [0.2, 0.25) is 0 Å². The van der Waals surface area contributed by atoms with E-state index < -0.39 is 0 Å². The van der Waals surface area contributed by atoms with Gasteiger partial charge in [0.2, 0.25) is 11.8 Å². The summed E-state index contributed by atoms with van der Waals surface area (Å²) >= 11 is 0. The normalized spacial score (nSPS) is 9.00. The summed E-state index contributed by atoms with van der Waals surface area (Å²) in [6.45, 7) is 1.42. The molecule has 5 heteroatoms. The second-order valence-electron chi connectivity index (χ2n) is 3.14. The summed E-state index contributed by atoms with van der Waals surface area (Å²) in [7, 11) is 0. The van der Waals surface area contributed by atoms with Crippen LogP contribution in [0.15, 0.2) is 24.3 Å². The summed E-state index contributed by atoms with van der Waals surface area (Å²) in [5.74, 6) is -0.504. The molecule has 0 spiro atoms. The number of anilines is 2. The van der Waals surface area contributed by atoms with E-state index in [0.29, 0.717) is 11.4 Å². The average molecular weight is 217 g/mol. The van der Waals surface area contributed by atoms with Crippen molar-refractivity contribution in [2.45, 2.75) is 13.3 Å². The molecule has 0 fully saturated rings. The first-order valence-corrected chi connectivity index (χ1v) is 4.66. The average Bonchev–Trinajstić information content (AvgIpc) is 2.20. The number of carbonyl (C=O) groups is 2. The zero-order valence-electron chi connectivity index (χ0n) is 8.78. The Balaban J connectivity index is 2.61. The molecule has 0 atom stereocenters. The fourth-order valence-electron chi connectivity index (χ4n) is 1.12. The van der Waals surface area contributed by atoms with Crippen molar-refractivity contribution in [3.8, 4) is 6.07 Å². The highest BCUT2D eigenvalue weighted by Gasteiger charge is 2.01. The molecule has 0 aliphatic carbocycles. The van der Waals surface area contributed by atoms with Gasteiger partial charge in [0.05, 0.1) is 6.07 Å². The minimum absolute atomic E-state index is 0.152. The van der Waals surface area contributed by atoms with Gasteiger partial charge in [-0.3, -0.25) is 9.59 Å². The van der Waals surface area contributed by atoms with Gasteiger partial charge < -0.3 is 10.6 Å². The molecule has 0 aromatic heterocycles. The number of hydrogen-bond acceptors (Lipinski definition) is 3. The number of rotatable bonds is 3. The zero-order chi connectivity index (χ0) is 12.0. The van der Waals surface area contributed by atoms with E-state index in [1.807, 2.05) is 0 Å². The van der Waals surface area contributed by atoms with Gasteiger partial charge in [-0.1, -0.05) is 0 Å². The van der Waals surface area contributed by atoms with E-state index in [0.717, 1.165) is 0 Å². The summed E-state index contributed by atoms with van der Waals surface area (Å²) < 4.78 is 0. The quantitative estimate of drug-likeness (QED) is 0.804. The van der Waals surface area contributed by atoms with Gasteiger partial charge in [0.25, 0.3) is 0 Å². The van der Waals surface area contributed by atoms with Gasteiger partial charge in [0.1, 0.15) is 6.42 Å². The van der Waals surface area contributed by atoms with Crippen molar-refractivity contribution >= 4 is 23.2 Å². The Kier molecular flexibility index (Phi) is 4.04. The molecule has 0 unspecified atom stereocenters. The zero-order valence-corrected chi connectivity index (χ0v) is 8.78. The standard InChI is InChI=1S/C11H11N3O2/c1-8(15)13-9-2-4-10(5-3-9)14-11(16)6-7-12/h2-5H,6H2,1H3,(H,13,15)(H,14,16). The van der Waals surface area contributed by atoms with Crippen molar-refractivity contribution in [2.75, 3.05) is 10.6 Å². The molecule has 0 saturated heterocycles. The summed E-state index contributed by atoms with van der Waals surface area (Å²) in [5.41, 5.74) is 1.25. The lowest BCUT2D eigenvalue weighted by Crippen LogP contribution is -2.10. The van der Waals surface area contributed by atoms with E-state index in [-0.39, 0.29) is 18.2 Å². The van der Waals surface area contributed by atoms with Gasteiger partial charge in [0, 0.05) is 18.3 Å². The summed E-state index contributed by atoms with van der Waals surface area (Å²) in [5, 5.41) is 13.5. The fraction of sp³-hybridized carbons (Fsp3) is 0.182. The lowest BCUT2D eigenvalue weighted by Gasteiger charge is -2.05. The monoisotopic (exact) mass is 217 g/mol. The van der Waals surface area contributed by atoms with Crippen LogP contribution < -0.4 is 10.6 Å². The SMILES string of the molecule is CC(=O)Nc1ccc(NC(=O)CC#N)cc1. The largest absolute Gasteiger partial charge is 0.326 e. The van der Waals surface area contributed by atoms with Gasteiger partial charge in [-0.2, -0.15) is 5.26 Å². The van der Waals surface area contributed by atoms with Crippen LogP contribution in [0.1, 0.15) is 13.3 Å². The van der Waals surface area contributed by atoms with Crippen molar-refractivity contribution in [3.05, 3.63) is 24.3 Å². The van der Waals surface area contributed by atoms with Crippen molar-refractivity contribution in [3.63, 3.8) is 0 Å². The van der Waals surface area contributed by atoms with Crippen molar-refractivity contribution in [1.82, 2.24) is 0 Å². The Morgan fingerprint density at radius 1 is 1.19 bits per heavy atom. The van der Waals surface area contributed by atoms with E-state index in [9.17, 15) is 9.59 Å². The lowest BCUT2D eigenvalue weighted by molar-refractivity contribution is -0.115. The number of amides is 2. The maximum Gasteiger partial charge on any atom is 0.238 e. The Bertz CT molecular complexity index is 432. The second-order valence-corrected chi connectivity index (χ2v) is 3.14. The molecule has 1 aromatic carbocycles. The number of carbonyl (C=O) groups excluding carboxylic acids is 2. The Labute approximate surface area is 93.1 Å². The predicted molar refractivity (Wildman–Crippen MR) is 59.6 cm³/mol. The van der Waals surface area contributed by atoms with Crippen molar-refractivity contribution in [1.29, 1.82) is 5.26 Å². The number of nitriles is 1. The first-order valence-electron chi connectivity index (χ1n) is 4.66. The summed E-state index contributed by atoms with van der Waals surface area (Å²) in [6.07, 6.45) is -0.173. The molecule has 2 amide bonds. The first kappa shape index (κ1) is 11.7. The molecule has 0 saturated carbocycles. The van der Waals surface area contributed by atoms with Crippen LogP contribution in [0.3, 0.4) is 0 Å². The highest BCUT2D eigenvalue weighted by Crippen LogP contribution is 2.13. The van der Waals surface area contributed by atoms with Gasteiger partial charge in [-0.05, 0) is 24.3 Å². The highest BCUT2D eigenvalue weighted by atomic mass is 16.2. The molecule has 16 heavy (non-hydrogen) atoms. The van der Waals surface area contributed by atoms with E-state index >= 15 is 0 Å². The summed E-state index contributed by atoms with van der Waals surface area (Å²) in [6, 6.07) is 8.40. The number of nitrogens with one attached hydrogen (secondary N) is 2. The van der Waals surface area contributed by atoms with Crippen molar-refractivity contribution in [2.24, 2.45) is 0 Å². The molecular formula is C11H11N3O2. The molecule has 1 aromatic rings. The smallest absolute Gasteiger partial charge is 0.238 e. The van der Waals surface area contributed by atoms with Gasteiger partial charge >= 0.3 is 0 Å². The number of hydrogen-bond donors (Lipinski definition) is 2. The minimum atomic E-state index is -0.352. The summed E-state index contributed by atoms with van der Waals surface area (Å²) in [4.78, 5) is 21.8. The third-order valence-corrected chi connectivity index (χ3v) is 1.73. The molecular weight excluding hydrogens is 206 g/mol. The number of nitrogens with zero attached hydrogens (tertiary/aromatic N) is 1. The van der Waals surface area contributed by atoms with E-state index in [1.54, 1.807) is 30.3 Å².